The van der Waals surface area contributed by atoms with Gasteiger partial charge in [0.25, 0.3) is 0 Å². The summed E-state index contributed by atoms with van der Waals surface area (Å²) in [6.45, 7) is 3.53. The quantitative estimate of drug-likeness (QED) is 0.387. The Balaban J connectivity index is 1.97. The molecule has 0 aliphatic heterocycles. The Bertz CT molecular complexity index is 1060. The summed E-state index contributed by atoms with van der Waals surface area (Å²) in [5.41, 5.74) is 1.05. The first-order valence-electron chi connectivity index (χ1n) is 11.4. The number of aliphatic hydroxyl groups excluding tert-OH is 2. The summed E-state index contributed by atoms with van der Waals surface area (Å²) in [7, 11) is 0. The molecule has 35 heavy (non-hydrogen) atoms. The number of amides is 2. The standard InChI is InChI=1S/C26H30FIN2O5/c1-16(2)26(34)30(15-17-7-9-19(27)10-8-17)21-13-18(25(33)29-11-12-31)14-23(24(21)32)35-22-6-4-3-5-20(22)28/h3-10,14,16,21,23-24,31-32H,11-13,15H2,1-2H3,(H,29,33). The van der Waals surface area contributed by atoms with Gasteiger partial charge in [0, 0.05) is 31.0 Å². The number of halogens is 2. The highest BCUT2D eigenvalue weighted by molar-refractivity contribution is 14.1. The Labute approximate surface area is 218 Å². The molecule has 0 spiro atoms. The van der Waals surface area contributed by atoms with Crippen molar-refractivity contribution in [2.24, 2.45) is 5.92 Å². The van der Waals surface area contributed by atoms with Crippen molar-refractivity contribution in [3.05, 3.63) is 75.1 Å². The van der Waals surface area contributed by atoms with Crippen LogP contribution in [0, 0.1) is 15.3 Å². The van der Waals surface area contributed by atoms with Crippen LogP contribution in [0.25, 0.3) is 0 Å². The van der Waals surface area contributed by atoms with Crippen molar-refractivity contribution >= 4 is 34.4 Å². The molecule has 0 radical (unpaired) electrons. The zero-order valence-corrected chi connectivity index (χ0v) is 21.8. The molecule has 2 aromatic carbocycles. The fourth-order valence-corrected chi connectivity index (χ4v) is 4.46. The van der Waals surface area contributed by atoms with Crippen molar-refractivity contribution in [3.8, 4) is 5.75 Å². The van der Waals surface area contributed by atoms with Crippen LogP contribution in [0.3, 0.4) is 0 Å². The summed E-state index contributed by atoms with van der Waals surface area (Å²) in [6, 6.07) is 12.4. The van der Waals surface area contributed by atoms with Crippen LogP contribution >= 0.6 is 22.6 Å². The number of aliphatic hydroxyl groups is 2. The van der Waals surface area contributed by atoms with Crippen LogP contribution in [0.2, 0.25) is 0 Å². The fourth-order valence-electron chi connectivity index (χ4n) is 3.94. The SMILES string of the molecule is CC(C)C(=O)N(Cc1ccc(F)cc1)C1CC(C(=O)NCCO)=CC(Oc2ccccc2I)C1O. The van der Waals surface area contributed by atoms with Crippen LogP contribution in [0.5, 0.6) is 5.75 Å². The highest BCUT2D eigenvalue weighted by Gasteiger charge is 2.41. The molecule has 1 aliphatic carbocycles. The first-order valence-corrected chi connectivity index (χ1v) is 12.5. The number of rotatable bonds is 9. The van der Waals surface area contributed by atoms with E-state index in [4.69, 9.17) is 9.84 Å². The van der Waals surface area contributed by atoms with Crippen LogP contribution in [0.1, 0.15) is 25.8 Å². The summed E-state index contributed by atoms with van der Waals surface area (Å²) >= 11 is 2.13. The molecule has 3 N–H and O–H groups in total. The van der Waals surface area contributed by atoms with Crippen LogP contribution < -0.4 is 10.1 Å². The summed E-state index contributed by atoms with van der Waals surface area (Å²) in [4.78, 5) is 27.6. The zero-order chi connectivity index (χ0) is 25.5. The Hall–Kier alpha value is -2.50. The summed E-state index contributed by atoms with van der Waals surface area (Å²) < 4.78 is 20.4. The van der Waals surface area contributed by atoms with Gasteiger partial charge in [-0.3, -0.25) is 9.59 Å². The minimum absolute atomic E-state index is 0.0791. The molecule has 1 aliphatic rings. The van der Waals surface area contributed by atoms with Crippen LogP contribution in [0.15, 0.2) is 60.2 Å². The molecule has 188 valence electrons. The van der Waals surface area contributed by atoms with Crippen LogP contribution in [-0.2, 0) is 16.1 Å². The van der Waals surface area contributed by atoms with Crippen molar-refractivity contribution < 1.29 is 28.9 Å². The maximum Gasteiger partial charge on any atom is 0.247 e. The van der Waals surface area contributed by atoms with Crippen LogP contribution in [0.4, 0.5) is 4.39 Å². The van der Waals surface area contributed by atoms with E-state index in [2.05, 4.69) is 27.9 Å². The summed E-state index contributed by atoms with van der Waals surface area (Å²) in [6.07, 6.45) is -0.338. The first kappa shape index (κ1) is 27.1. The van der Waals surface area contributed by atoms with Crippen molar-refractivity contribution in [3.63, 3.8) is 0 Å². The number of hydrogen-bond acceptors (Lipinski definition) is 5. The number of para-hydroxylation sites is 1. The van der Waals surface area contributed by atoms with E-state index >= 15 is 0 Å². The minimum Gasteiger partial charge on any atom is -0.482 e. The van der Waals surface area contributed by atoms with Gasteiger partial charge in [0.2, 0.25) is 11.8 Å². The number of carbonyl (C=O) groups excluding carboxylic acids is 2. The Morgan fingerprint density at radius 3 is 2.51 bits per heavy atom. The zero-order valence-electron chi connectivity index (χ0n) is 19.7. The van der Waals surface area contributed by atoms with Gasteiger partial charge < -0.3 is 25.2 Å². The summed E-state index contributed by atoms with van der Waals surface area (Å²) in [5, 5.41) is 23.1. The maximum absolute atomic E-state index is 13.5. The highest BCUT2D eigenvalue weighted by atomic mass is 127. The lowest BCUT2D eigenvalue weighted by Gasteiger charge is -2.41. The van der Waals surface area contributed by atoms with E-state index in [1.165, 1.54) is 12.1 Å². The Kier molecular flexibility index (Phi) is 9.64. The lowest BCUT2D eigenvalue weighted by molar-refractivity contribution is -0.142. The van der Waals surface area contributed by atoms with Gasteiger partial charge in [0.15, 0.2) is 0 Å². The van der Waals surface area contributed by atoms with E-state index in [1.807, 2.05) is 18.2 Å². The molecule has 0 bridgehead atoms. The van der Waals surface area contributed by atoms with Gasteiger partial charge in [-0.1, -0.05) is 38.1 Å². The third-order valence-electron chi connectivity index (χ3n) is 5.76. The second-order valence-corrected chi connectivity index (χ2v) is 9.86. The maximum atomic E-state index is 13.5. The highest BCUT2D eigenvalue weighted by Crippen LogP contribution is 2.31. The predicted octanol–water partition coefficient (Wildman–Crippen LogP) is 3.03. The third-order valence-corrected chi connectivity index (χ3v) is 6.65. The molecule has 3 unspecified atom stereocenters. The van der Waals surface area contributed by atoms with Crippen molar-refractivity contribution in [2.75, 3.05) is 13.2 Å². The van der Waals surface area contributed by atoms with Gasteiger partial charge >= 0.3 is 0 Å². The molecular weight excluding hydrogens is 566 g/mol. The number of nitrogens with zero attached hydrogens (tertiary/aromatic N) is 1. The van der Waals surface area contributed by atoms with E-state index in [-0.39, 0.29) is 43.8 Å². The van der Waals surface area contributed by atoms with Gasteiger partial charge in [-0.25, -0.2) is 4.39 Å². The topological polar surface area (TPSA) is 99.1 Å². The van der Waals surface area contributed by atoms with E-state index in [0.717, 1.165) is 3.57 Å². The molecule has 2 aromatic rings. The van der Waals surface area contributed by atoms with E-state index in [1.54, 1.807) is 43.0 Å². The molecule has 0 fully saturated rings. The van der Waals surface area contributed by atoms with Crippen molar-refractivity contribution in [2.45, 2.75) is 45.1 Å². The van der Waals surface area contributed by atoms with Gasteiger partial charge in [0.05, 0.1) is 16.2 Å². The summed E-state index contributed by atoms with van der Waals surface area (Å²) in [5.74, 6) is -0.807. The number of nitrogens with one attached hydrogen (secondary N) is 1. The molecule has 0 aromatic heterocycles. The van der Waals surface area contributed by atoms with Crippen molar-refractivity contribution in [1.82, 2.24) is 10.2 Å². The van der Waals surface area contributed by atoms with E-state index < -0.39 is 24.2 Å². The Morgan fingerprint density at radius 2 is 1.89 bits per heavy atom. The lowest BCUT2D eigenvalue weighted by Crippen LogP contribution is -2.55. The molecule has 2 amide bonds. The molecule has 7 nitrogen and oxygen atoms in total. The third kappa shape index (κ3) is 7.02. The molecule has 0 saturated carbocycles. The lowest BCUT2D eigenvalue weighted by atomic mass is 9.87. The molecule has 9 heteroatoms. The largest absolute Gasteiger partial charge is 0.482 e. The number of benzene rings is 2. The first-order chi connectivity index (χ1) is 16.7. The van der Waals surface area contributed by atoms with Gasteiger partial charge in [-0.15, -0.1) is 0 Å². The van der Waals surface area contributed by atoms with E-state index in [9.17, 15) is 19.1 Å². The van der Waals surface area contributed by atoms with Gasteiger partial charge in [-0.2, -0.15) is 0 Å². The molecule has 0 heterocycles. The smallest absolute Gasteiger partial charge is 0.247 e. The number of ether oxygens (including phenoxy) is 1. The van der Waals surface area contributed by atoms with Crippen molar-refractivity contribution in [1.29, 1.82) is 0 Å². The average Bonchev–Trinajstić information content (AvgIpc) is 2.84. The average molecular weight is 596 g/mol. The molecule has 3 atom stereocenters. The number of carbonyl (C=O) groups is 2. The second-order valence-electron chi connectivity index (χ2n) is 8.69. The normalized spacial score (nSPS) is 19.7. The minimum atomic E-state index is -1.12. The predicted molar refractivity (Wildman–Crippen MR) is 138 cm³/mol. The Morgan fingerprint density at radius 1 is 1.20 bits per heavy atom. The monoisotopic (exact) mass is 596 g/mol. The van der Waals surface area contributed by atoms with Crippen LogP contribution in [-0.4, -0.2) is 58.3 Å². The van der Waals surface area contributed by atoms with Gasteiger partial charge in [-0.05, 0) is 58.5 Å². The molecular formula is C26H30FIN2O5. The van der Waals surface area contributed by atoms with Gasteiger partial charge in [0.1, 0.15) is 23.8 Å². The molecule has 0 saturated heterocycles. The molecule has 3 rings (SSSR count). The number of hydrogen-bond donors (Lipinski definition) is 3. The fraction of sp³-hybridized carbons (Fsp3) is 0.385. The second kappa shape index (κ2) is 12.5. The van der Waals surface area contributed by atoms with E-state index in [0.29, 0.717) is 16.9 Å².